The summed E-state index contributed by atoms with van der Waals surface area (Å²) >= 11 is 0. The lowest BCUT2D eigenvalue weighted by Crippen LogP contribution is -2.35. The van der Waals surface area contributed by atoms with Crippen LogP contribution in [0.5, 0.6) is 0 Å². The van der Waals surface area contributed by atoms with Crippen LogP contribution in [0.2, 0.25) is 0 Å². The molecule has 0 radical (unpaired) electrons. The Labute approximate surface area is 201 Å². The number of hydrogen-bond donors (Lipinski definition) is 2. The Morgan fingerprint density at radius 1 is 1.00 bits per heavy atom. The third-order valence-corrected chi connectivity index (χ3v) is 8.38. The summed E-state index contributed by atoms with van der Waals surface area (Å²) in [5.41, 5.74) is 2.04. The van der Waals surface area contributed by atoms with E-state index < -0.39 is 10.0 Å². The average molecular weight is 485 g/mol. The number of hydrogen-bond acceptors (Lipinski definition) is 5. The molecular weight excluding hydrogens is 452 g/mol. The number of nitrogens with one attached hydrogen (secondary N) is 2. The number of nitrogens with zero attached hydrogens (tertiary/aromatic N) is 2. The van der Waals surface area contributed by atoms with Crippen LogP contribution in [0, 0.1) is 11.8 Å². The van der Waals surface area contributed by atoms with Crippen LogP contribution in [0.15, 0.2) is 47.4 Å². The first-order chi connectivity index (χ1) is 16.2. The second kappa shape index (κ2) is 9.76. The molecule has 2 aromatic rings. The summed E-state index contributed by atoms with van der Waals surface area (Å²) in [6.07, 6.45) is 3.62. The fraction of sp³-hybridized carbons (Fsp3) is 0.440. The van der Waals surface area contributed by atoms with Gasteiger partial charge in [-0.05, 0) is 61.6 Å². The Morgan fingerprint density at radius 2 is 1.71 bits per heavy atom. The molecule has 9 heteroatoms. The zero-order valence-electron chi connectivity index (χ0n) is 19.9. The Balaban J connectivity index is 1.56. The van der Waals surface area contributed by atoms with E-state index in [0.717, 1.165) is 25.7 Å². The molecule has 2 aliphatic rings. The van der Waals surface area contributed by atoms with Crippen LogP contribution in [-0.2, 0) is 14.8 Å². The van der Waals surface area contributed by atoms with Crippen LogP contribution < -0.4 is 15.5 Å². The molecule has 1 aliphatic heterocycles. The summed E-state index contributed by atoms with van der Waals surface area (Å²) in [5.74, 6) is 0.0104. The summed E-state index contributed by atoms with van der Waals surface area (Å²) in [6, 6.07) is 11.6. The maximum Gasteiger partial charge on any atom is 0.255 e. The summed E-state index contributed by atoms with van der Waals surface area (Å²) in [7, 11) is 0.0259. The quantitative estimate of drug-likeness (QED) is 0.623. The topological polar surface area (TPSA) is 98.8 Å². The molecule has 2 aromatic carbocycles. The summed E-state index contributed by atoms with van der Waals surface area (Å²) in [5, 5.41) is 5.75. The lowest BCUT2D eigenvalue weighted by molar-refractivity contribution is -0.117. The van der Waals surface area contributed by atoms with Crippen molar-refractivity contribution in [1.82, 2.24) is 4.31 Å². The minimum absolute atomic E-state index is 0.0319. The molecule has 0 bridgehead atoms. The van der Waals surface area contributed by atoms with E-state index in [-0.39, 0.29) is 22.6 Å². The van der Waals surface area contributed by atoms with Crippen molar-refractivity contribution in [3.05, 3.63) is 48.0 Å². The Morgan fingerprint density at radius 3 is 2.35 bits per heavy atom. The van der Waals surface area contributed by atoms with Crippen molar-refractivity contribution in [3.63, 3.8) is 0 Å². The minimum Gasteiger partial charge on any atom is -0.376 e. The van der Waals surface area contributed by atoms with Crippen LogP contribution in [0.3, 0.4) is 0 Å². The number of rotatable bonds is 7. The van der Waals surface area contributed by atoms with Crippen molar-refractivity contribution in [2.75, 3.05) is 42.7 Å². The Bertz CT molecular complexity index is 1190. The van der Waals surface area contributed by atoms with Crippen molar-refractivity contribution in [1.29, 1.82) is 0 Å². The van der Waals surface area contributed by atoms with Crippen molar-refractivity contribution < 1.29 is 18.0 Å². The van der Waals surface area contributed by atoms with Crippen LogP contribution >= 0.6 is 0 Å². The first-order valence-electron chi connectivity index (χ1n) is 11.7. The van der Waals surface area contributed by atoms with E-state index in [2.05, 4.69) is 10.6 Å². The third-order valence-electron chi connectivity index (χ3n) is 6.49. The van der Waals surface area contributed by atoms with Gasteiger partial charge in [-0.2, -0.15) is 4.31 Å². The first-order valence-corrected chi connectivity index (χ1v) is 13.1. The van der Waals surface area contributed by atoms with E-state index in [1.807, 2.05) is 25.9 Å². The molecule has 182 valence electrons. The predicted octanol–water partition coefficient (Wildman–Crippen LogP) is 3.77. The van der Waals surface area contributed by atoms with Crippen LogP contribution in [0.4, 0.5) is 17.1 Å². The van der Waals surface area contributed by atoms with Crippen molar-refractivity contribution in [2.45, 2.75) is 37.5 Å². The number of anilines is 3. The second-order valence-corrected chi connectivity index (χ2v) is 11.3. The number of carbonyl (C=O) groups excluding carboxylic acids is 2. The second-order valence-electron chi connectivity index (χ2n) is 9.38. The van der Waals surface area contributed by atoms with Gasteiger partial charge in [0.1, 0.15) is 0 Å². The maximum absolute atomic E-state index is 13.2. The van der Waals surface area contributed by atoms with Gasteiger partial charge in [0.05, 0.1) is 16.3 Å². The molecule has 0 spiro atoms. The summed E-state index contributed by atoms with van der Waals surface area (Å²) in [6.45, 7) is 3.06. The fourth-order valence-electron chi connectivity index (χ4n) is 4.28. The highest BCUT2D eigenvalue weighted by Crippen LogP contribution is 2.38. The lowest BCUT2D eigenvalue weighted by atomic mass is 10.1. The van der Waals surface area contributed by atoms with Crippen LogP contribution in [0.1, 0.15) is 43.0 Å². The molecule has 0 aromatic heterocycles. The molecule has 2 unspecified atom stereocenters. The number of sulfonamides is 1. The highest BCUT2D eigenvalue weighted by Gasteiger charge is 2.39. The summed E-state index contributed by atoms with van der Waals surface area (Å²) < 4.78 is 27.8. The molecule has 2 atom stereocenters. The van der Waals surface area contributed by atoms with E-state index in [0.29, 0.717) is 41.6 Å². The van der Waals surface area contributed by atoms with Gasteiger partial charge in [-0.15, -0.1) is 0 Å². The summed E-state index contributed by atoms with van der Waals surface area (Å²) in [4.78, 5) is 27.3. The van der Waals surface area contributed by atoms with Gasteiger partial charge in [0, 0.05) is 44.4 Å². The van der Waals surface area contributed by atoms with E-state index in [1.165, 1.54) is 10.4 Å². The molecule has 1 heterocycles. The average Bonchev–Trinajstić information content (AvgIpc) is 3.56. The third kappa shape index (κ3) is 5.26. The smallest absolute Gasteiger partial charge is 0.255 e. The molecule has 1 aliphatic carbocycles. The van der Waals surface area contributed by atoms with E-state index >= 15 is 0 Å². The molecule has 34 heavy (non-hydrogen) atoms. The van der Waals surface area contributed by atoms with E-state index in [4.69, 9.17) is 0 Å². The van der Waals surface area contributed by atoms with Gasteiger partial charge in [0.25, 0.3) is 5.91 Å². The molecule has 4 rings (SSSR count). The number of carbonyl (C=O) groups is 2. The predicted molar refractivity (Wildman–Crippen MR) is 134 cm³/mol. The molecule has 2 amide bonds. The van der Waals surface area contributed by atoms with Gasteiger partial charge in [-0.25, -0.2) is 8.42 Å². The molecular formula is C25H32N4O4S. The Hall–Kier alpha value is -2.91. The number of amides is 2. The van der Waals surface area contributed by atoms with Gasteiger partial charge < -0.3 is 15.5 Å². The zero-order chi connectivity index (χ0) is 24.5. The molecule has 2 fully saturated rings. The fourth-order valence-corrected chi connectivity index (χ4v) is 5.82. The minimum atomic E-state index is -3.64. The van der Waals surface area contributed by atoms with Crippen LogP contribution in [0.25, 0.3) is 0 Å². The largest absolute Gasteiger partial charge is 0.376 e. The molecule has 2 N–H and O–H groups in total. The SMILES string of the molecule is CC1CC1C(=O)Nc1cccc(C(=O)Nc2cc(S(=O)(=O)N3CCCCC3)ccc2N(C)C)c1. The Kier molecular flexibility index (Phi) is 6.95. The standard InChI is InChI=1S/C25H32N4O4S/c1-17-14-21(17)25(31)26-19-9-7-8-18(15-19)24(30)27-22-16-20(10-11-23(22)28(2)3)34(32,33)29-12-5-4-6-13-29/h7-11,15-17,21H,4-6,12-14H2,1-3H3,(H,26,31)(H,27,30). The van der Waals surface area contributed by atoms with Gasteiger partial charge in [-0.3, -0.25) is 9.59 Å². The van der Waals surface area contributed by atoms with Crippen molar-refractivity contribution in [2.24, 2.45) is 11.8 Å². The van der Waals surface area contributed by atoms with Gasteiger partial charge in [-0.1, -0.05) is 19.4 Å². The van der Waals surface area contributed by atoms with Crippen molar-refractivity contribution >= 4 is 38.9 Å². The van der Waals surface area contributed by atoms with Gasteiger partial charge in [0.2, 0.25) is 15.9 Å². The van der Waals surface area contributed by atoms with Gasteiger partial charge in [0.15, 0.2) is 0 Å². The normalized spacial score (nSPS) is 20.4. The molecule has 8 nitrogen and oxygen atoms in total. The van der Waals surface area contributed by atoms with E-state index in [9.17, 15) is 18.0 Å². The first kappa shape index (κ1) is 24.2. The highest BCUT2D eigenvalue weighted by atomic mass is 32.2. The van der Waals surface area contributed by atoms with E-state index in [1.54, 1.807) is 36.4 Å². The molecule has 1 saturated heterocycles. The van der Waals surface area contributed by atoms with Crippen molar-refractivity contribution in [3.8, 4) is 0 Å². The molecule has 1 saturated carbocycles. The van der Waals surface area contributed by atoms with Gasteiger partial charge >= 0.3 is 0 Å². The number of benzene rings is 2. The maximum atomic E-state index is 13.2. The monoisotopic (exact) mass is 484 g/mol. The number of piperidine rings is 1. The lowest BCUT2D eigenvalue weighted by Gasteiger charge is -2.26. The highest BCUT2D eigenvalue weighted by molar-refractivity contribution is 7.89. The zero-order valence-corrected chi connectivity index (χ0v) is 20.7. The van der Waals surface area contributed by atoms with Crippen LogP contribution in [-0.4, -0.2) is 51.7 Å².